The fourth-order valence-electron chi connectivity index (χ4n) is 2.59. The van der Waals surface area contributed by atoms with Crippen molar-refractivity contribution in [1.29, 1.82) is 0 Å². The van der Waals surface area contributed by atoms with E-state index in [0.717, 1.165) is 11.0 Å². The number of nitrogens with zero attached hydrogens (tertiary/aromatic N) is 1. The van der Waals surface area contributed by atoms with Gasteiger partial charge in [-0.2, -0.15) is 0 Å². The van der Waals surface area contributed by atoms with Crippen LogP contribution in [0.4, 0.5) is 10.1 Å². The molecule has 0 saturated heterocycles. The molecule has 25 heavy (non-hydrogen) atoms. The zero-order chi connectivity index (χ0) is 18.1. The molecule has 2 aromatic carbocycles. The van der Waals surface area contributed by atoms with Crippen molar-refractivity contribution < 1.29 is 23.5 Å². The van der Waals surface area contributed by atoms with Gasteiger partial charge in [-0.3, -0.25) is 9.59 Å². The van der Waals surface area contributed by atoms with Crippen LogP contribution in [0.3, 0.4) is 0 Å². The van der Waals surface area contributed by atoms with Gasteiger partial charge >= 0.3 is 0 Å². The van der Waals surface area contributed by atoms with Crippen molar-refractivity contribution in [3.63, 3.8) is 0 Å². The predicted molar refractivity (Wildman–Crippen MR) is 91.2 cm³/mol. The van der Waals surface area contributed by atoms with E-state index in [1.54, 1.807) is 18.2 Å². The van der Waals surface area contributed by atoms with Crippen molar-refractivity contribution in [3.05, 3.63) is 58.9 Å². The Morgan fingerprint density at radius 3 is 2.32 bits per heavy atom. The van der Waals surface area contributed by atoms with Crippen LogP contribution < -0.4 is 14.4 Å². The molecule has 0 fully saturated rings. The van der Waals surface area contributed by atoms with Crippen molar-refractivity contribution in [3.8, 4) is 11.5 Å². The quantitative estimate of drug-likeness (QED) is 0.783. The summed E-state index contributed by atoms with van der Waals surface area (Å²) in [4.78, 5) is 26.0. The van der Waals surface area contributed by atoms with Crippen molar-refractivity contribution in [2.75, 3.05) is 19.1 Å². The van der Waals surface area contributed by atoms with E-state index in [1.807, 2.05) is 0 Å². The molecule has 0 unspecified atom stereocenters. The molecule has 1 heterocycles. The second-order valence-corrected chi connectivity index (χ2v) is 5.56. The summed E-state index contributed by atoms with van der Waals surface area (Å²) in [6, 6.07) is 9.94. The molecule has 0 aromatic heterocycles. The summed E-state index contributed by atoms with van der Waals surface area (Å²) in [7, 11) is 2.94. The van der Waals surface area contributed by atoms with Crippen LogP contribution in [0.15, 0.2) is 47.5 Å². The zero-order valence-corrected chi connectivity index (χ0v) is 14.1. The highest BCUT2D eigenvalue weighted by Gasteiger charge is 2.39. The molecular formula is C18H13ClFNO4. The lowest BCUT2D eigenvalue weighted by atomic mass is 10.1. The molecule has 2 aromatic rings. The lowest BCUT2D eigenvalue weighted by molar-refractivity contribution is -0.119. The summed E-state index contributed by atoms with van der Waals surface area (Å²) in [5.74, 6) is -1.04. The number of ether oxygens (including phenoxy) is 2. The lowest BCUT2D eigenvalue weighted by Crippen LogP contribution is -2.31. The van der Waals surface area contributed by atoms with Gasteiger partial charge in [-0.25, -0.2) is 9.29 Å². The Hall–Kier alpha value is -2.86. The molecule has 7 heteroatoms. The van der Waals surface area contributed by atoms with Crippen LogP contribution in [0.5, 0.6) is 11.5 Å². The first-order valence-electron chi connectivity index (χ1n) is 7.24. The van der Waals surface area contributed by atoms with Gasteiger partial charge in [0.25, 0.3) is 11.8 Å². The fraction of sp³-hybridized carbons (Fsp3) is 0.111. The van der Waals surface area contributed by atoms with E-state index in [2.05, 4.69) is 0 Å². The van der Waals surface area contributed by atoms with Gasteiger partial charge in [0.15, 0.2) is 11.5 Å². The lowest BCUT2D eigenvalue weighted by Gasteiger charge is -2.15. The molecule has 0 spiro atoms. The van der Waals surface area contributed by atoms with E-state index in [1.165, 1.54) is 32.4 Å². The van der Waals surface area contributed by atoms with Gasteiger partial charge in [-0.15, -0.1) is 0 Å². The molecule has 0 bridgehead atoms. The van der Waals surface area contributed by atoms with Crippen molar-refractivity contribution in [2.24, 2.45) is 0 Å². The highest BCUT2D eigenvalue weighted by molar-refractivity contribution is 6.60. The molecule has 0 saturated carbocycles. The normalized spacial score (nSPS) is 14.3. The summed E-state index contributed by atoms with van der Waals surface area (Å²) in [6.45, 7) is 0. The molecule has 0 radical (unpaired) electrons. The number of anilines is 1. The molecule has 2 amide bonds. The first kappa shape index (κ1) is 17.0. The van der Waals surface area contributed by atoms with E-state index < -0.39 is 17.6 Å². The number of rotatable bonds is 4. The van der Waals surface area contributed by atoms with Gasteiger partial charge in [0.2, 0.25) is 0 Å². The number of carbonyl (C=O) groups is 2. The van der Waals surface area contributed by atoms with Gasteiger partial charge in [0.1, 0.15) is 10.8 Å². The van der Waals surface area contributed by atoms with Gasteiger partial charge in [-0.05, 0) is 35.9 Å². The highest BCUT2D eigenvalue weighted by atomic mass is 35.5. The fourth-order valence-corrected chi connectivity index (χ4v) is 2.87. The third-order valence-corrected chi connectivity index (χ3v) is 4.12. The number of hydrogen-bond acceptors (Lipinski definition) is 4. The Labute approximate surface area is 148 Å². The van der Waals surface area contributed by atoms with Gasteiger partial charge in [-0.1, -0.05) is 23.7 Å². The first-order valence-corrected chi connectivity index (χ1v) is 7.62. The average Bonchev–Trinajstić information content (AvgIpc) is 2.83. The Morgan fingerprint density at radius 1 is 0.960 bits per heavy atom. The molecule has 0 atom stereocenters. The number of halogens is 2. The second kappa shape index (κ2) is 6.57. The number of hydrogen-bond donors (Lipinski definition) is 0. The van der Waals surface area contributed by atoms with E-state index in [9.17, 15) is 14.0 Å². The van der Waals surface area contributed by atoms with Crippen LogP contribution in [-0.2, 0) is 9.59 Å². The van der Waals surface area contributed by atoms with Crippen LogP contribution in [0.1, 0.15) is 5.56 Å². The topological polar surface area (TPSA) is 55.8 Å². The van der Waals surface area contributed by atoms with Crippen molar-refractivity contribution >= 4 is 34.7 Å². The maximum atomic E-state index is 13.4. The largest absolute Gasteiger partial charge is 0.493 e. The van der Waals surface area contributed by atoms with Crippen LogP contribution in [0.25, 0.3) is 5.57 Å². The Morgan fingerprint density at radius 2 is 1.68 bits per heavy atom. The van der Waals surface area contributed by atoms with Crippen LogP contribution in [0.2, 0.25) is 0 Å². The van der Waals surface area contributed by atoms with E-state index in [4.69, 9.17) is 21.1 Å². The van der Waals surface area contributed by atoms with Crippen LogP contribution in [-0.4, -0.2) is 26.0 Å². The predicted octanol–water partition coefficient (Wildman–Crippen LogP) is 3.37. The second-order valence-electron chi connectivity index (χ2n) is 5.18. The van der Waals surface area contributed by atoms with Crippen molar-refractivity contribution in [1.82, 2.24) is 0 Å². The summed E-state index contributed by atoms with van der Waals surface area (Å²) >= 11 is 6.11. The molecule has 128 valence electrons. The summed E-state index contributed by atoms with van der Waals surface area (Å²) in [5, 5.41) is -0.235. The number of methoxy groups -OCH3 is 2. The maximum Gasteiger partial charge on any atom is 0.277 e. The minimum atomic E-state index is -0.706. The highest BCUT2D eigenvalue weighted by Crippen LogP contribution is 2.38. The Bertz CT molecular complexity index is 910. The van der Waals surface area contributed by atoms with Gasteiger partial charge in [0, 0.05) is 0 Å². The minimum Gasteiger partial charge on any atom is -0.493 e. The number of benzene rings is 2. The SMILES string of the molecule is COc1ccc(C2=C(Cl)C(=O)N(c3cccc(F)c3)C2=O)cc1OC. The van der Waals surface area contributed by atoms with Crippen LogP contribution in [0, 0.1) is 5.82 Å². The van der Waals surface area contributed by atoms with E-state index in [-0.39, 0.29) is 16.3 Å². The monoisotopic (exact) mass is 361 g/mol. The molecule has 0 aliphatic carbocycles. The van der Waals surface area contributed by atoms with Crippen molar-refractivity contribution in [2.45, 2.75) is 0 Å². The van der Waals surface area contributed by atoms with Gasteiger partial charge in [0.05, 0.1) is 25.5 Å². The molecule has 1 aliphatic rings. The van der Waals surface area contributed by atoms with Gasteiger partial charge < -0.3 is 9.47 Å². The molecule has 5 nitrogen and oxygen atoms in total. The van der Waals surface area contributed by atoms with Crippen LogP contribution >= 0.6 is 11.6 Å². The number of carbonyl (C=O) groups excluding carboxylic acids is 2. The third-order valence-electron chi connectivity index (χ3n) is 3.77. The summed E-state index contributed by atoms with van der Waals surface area (Å²) in [5.41, 5.74) is 0.542. The minimum absolute atomic E-state index is 0.0249. The third kappa shape index (κ3) is 2.85. The summed E-state index contributed by atoms with van der Waals surface area (Å²) < 4.78 is 23.8. The Balaban J connectivity index is 2.06. The maximum absolute atomic E-state index is 13.4. The van der Waals surface area contributed by atoms with E-state index in [0.29, 0.717) is 17.1 Å². The van der Waals surface area contributed by atoms with E-state index >= 15 is 0 Å². The smallest absolute Gasteiger partial charge is 0.277 e. The molecule has 0 N–H and O–H groups in total. The number of amides is 2. The molecule has 3 rings (SSSR count). The summed E-state index contributed by atoms with van der Waals surface area (Å²) in [6.07, 6.45) is 0. The average molecular weight is 362 g/mol. The zero-order valence-electron chi connectivity index (χ0n) is 13.4. The first-order chi connectivity index (χ1) is 12.0. The molecular weight excluding hydrogens is 349 g/mol. The standard InChI is InChI=1S/C18H13ClFNO4/c1-24-13-7-6-10(8-14(13)25-2)15-16(19)18(23)21(17(15)22)12-5-3-4-11(20)9-12/h3-9H,1-2H3. The Kier molecular flexibility index (Phi) is 4.46. The molecule has 1 aliphatic heterocycles. The number of imide groups is 1.